The normalized spacial score (nSPS) is 13.1. The molecule has 0 aromatic rings. The van der Waals surface area contributed by atoms with Crippen LogP contribution in [-0.2, 0) is 13.4 Å². The van der Waals surface area contributed by atoms with Crippen molar-refractivity contribution in [3.05, 3.63) is 0 Å². The fraction of sp³-hybridized carbons (Fsp3) is 1.00. The topological polar surface area (TPSA) is 35.5 Å². The summed E-state index contributed by atoms with van der Waals surface area (Å²) < 4.78 is 23.5. The zero-order valence-electron chi connectivity index (χ0n) is 11.4. The second-order valence-electron chi connectivity index (χ2n) is 4.52. The Kier molecular flexibility index (Phi) is 7.82. The molecule has 0 aromatic heterocycles. The fourth-order valence-corrected chi connectivity index (χ4v) is 7.98. The van der Waals surface area contributed by atoms with Gasteiger partial charge in [0, 0.05) is 32.7 Å². The molecular formula is C11H27O3PSi. The molecule has 0 aliphatic rings. The molecule has 98 valence electrons. The lowest BCUT2D eigenvalue weighted by molar-refractivity contribution is 0.251. The van der Waals surface area contributed by atoms with Gasteiger partial charge in [0.2, 0.25) is 0 Å². The third-order valence-corrected chi connectivity index (χ3v) is 9.97. The van der Waals surface area contributed by atoms with Crippen molar-refractivity contribution in [1.29, 1.82) is 0 Å². The highest BCUT2D eigenvalue weighted by atomic mass is 31.2. The van der Waals surface area contributed by atoms with E-state index in [1.165, 1.54) is 0 Å². The van der Waals surface area contributed by atoms with E-state index in [0.717, 1.165) is 37.4 Å². The maximum absolute atomic E-state index is 12.6. The van der Waals surface area contributed by atoms with Crippen molar-refractivity contribution in [3.63, 3.8) is 0 Å². The summed E-state index contributed by atoms with van der Waals surface area (Å²) in [5.41, 5.74) is 0. The lowest BCUT2D eigenvalue weighted by Crippen LogP contribution is -2.37. The van der Waals surface area contributed by atoms with Gasteiger partial charge in [0.25, 0.3) is 0 Å². The van der Waals surface area contributed by atoms with Crippen molar-refractivity contribution >= 4 is 15.7 Å². The minimum absolute atomic E-state index is 0.791. The van der Waals surface area contributed by atoms with E-state index in [-0.39, 0.29) is 0 Å². The van der Waals surface area contributed by atoms with Crippen molar-refractivity contribution in [1.82, 2.24) is 0 Å². The first-order valence-corrected chi connectivity index (χ1v) is 10.9. The summed E-state index contributed by atoms with van der Waals surface area (Å²) >= 11 is 0. The van der Waals surface area contributed by atoms with Crippen LogP contribution >= 0.6 is 7.14 Å². The molecule has 0 N–H and O–H groups in total. The zero-order valence-corrected chi connectivity index (χ0v) is 13.3. The molecule has 0 rings (SSSR count). The molecule has 16 heavy (non-hydrogen) atoms. The Labute approximate surface area is 102 Å². The standard InChI is InChI=1S/C11H27O3PSi/c1-6-8-15(12,9-7-2)10-11-16(5,13-3)14-4/h6-11H2,1-5H3. The highest BCUT2D eigenvalue weighted by Gasteiger charge is 2.32. The highest BCUT2D eigenvalue weighted by Crippen LogP contribution is 2.48. The Bertz CT molecular complexity index is 219. The molecule has 3 nitrogen and oxygen atoms in total. The third kappa shape index (κ3) is 5.62. The van der Waals surface area contributed by atoms with Crippen molar-refractivity contribution in [2.45, 2.75) is 39.3 Å². The molecule has 0 radical (unpaired) electrons. The second kappa shape index (κ2) is 7.65. The van der Waals surface area contributed by atoms with Gasteiger partial charge in [-0.3, -0.25) is 0 Å². The second-order valence-corrected chi connectivity index (χ2v) is 11.6. The van der Waals surface area contributed by atoms with E-state index in [1.54, 1.807) is 14.2 Å². The van der Waals surface area contributed by atoms with Gasteiger partial charge in [-0.2, -0.15) is 0 Å². The van der Waals surface area contributed by atoms with Gasteiger partial charge in [0.05, 0.1) is 7.14 Å². The summed E-state index contributed by atoms with van der Waals surface area (Å²) in [5, 5.41) is 0. The highest BCUT2D eigenvalue weighted by molar-refractivity contribution is 7.64. The number of hydrogen-bond donors (Lipinski definition) is 0. The monoisotopic (exact) mass is 266 g/mol. The van der Waals surface area contributed by atoms with Gasteiger partial charge in [0.15, 0.2) is 0 Å². The van der Waals surface area contributed by atoms with Crippen LogP contribution in [0.1, 0.15) is 26.7 Å². The lowest BCUT2D eigenvalue weighted by atomic mass is 10.6. The van der Waals surface area contributed by atoms with Gasteiger partial charge in [-0.05, 0) is 25.4 Å². The molecular weight excluding hydrogens is 239 g/mol. The molecule has 0 fully saturated rings. The summed E-state index contributed by atoms with van der Waals surface area (Å²) in [4.78, 5) is 0. The van der Waals surface area contributed by atoms with Crippen LogP contribution in [0.25, 0.3) is 0 Å². The Hall–Kier alpha value is 0.367. The van der Waals surface area contributed by atoms with Crippen LogP contribution in [-0.4, -0.2) is 41.3 Å². The SMILES string of the molecule is CCCP(=O)(CCC)CC[Si](C)(OC)OC. The van der Waals surface area contributed by atoms with Crippen LogP contribution in [0.4, 0.5) is 0 Å². The largest absolute Gasteiger partial charge is 0.398 e. The van der Waals surface area contributed by atoms with E-state index in [9.17, 15) is 4.57 Å². The summed E-state index contributed by atoms with van der Waals surface area (Å²) in [5.74, 6) is 0. The molecule has 0 unspecified atom stereocenters. The van der Waals surface area contributed by atoms with Gasteiger partial charge in [-0.15, -0.1) is 0 Å². The summed E-state index contributed by atoms with van der Waals surface area (Å²) in [6, 6.07) is 0.845. The van der Waals surface area contributed by atoms with E-state index in [2.05, 4.69) is 13.8 Å². The molecule has 0 aromatic carbocycles. The van der Waals surface area contributed by atoms with Gasteiger partial charge in [-0.25, -0.2) is 0 Å². The molecule has 0 heterocycles. The van der Waals surface area contributed by atoms with Crippen LogP contribution in [0.5, 0.6) is 0 Å². The average molecular weight is 266 g/mol. The van der Waals surface area contributed by atoms with E-state index in [4.69, 9.17) is 8.85 Å². The minimum atomic E-state index is -2.04. The first kappa shape index (κ1) is 16.4. The molecule has 5 heteroatoms. The van der Waals surface area contributed by atoms with Gasteiger partial charge < -0.3 is 13.4 Å². The van der Waals surface area contributed by atoms with E-state index in [0.29, 0.717) is 0 Å². The lowest BCUT2D eigenvalue weighted by Gasteiger charge is -2.25. The van der Waals surface area contributed by atoms with Gasteiger partial charge >= 0.3 is 8.56 Å². The van der Waals surface area contributed by atoms with E-state index >= 15 is 0 Å². The maximum atomic E-state index is 12.6. The van der Waals surface area contributed by atoms with E-state index < -0.39 is 15.7 Å². The summed E-state index contributed by atoms with van der Waals surface area (Å²) in [6.45, 7) is 6.24. The minimum Gasteiger partial charge on any atom is -0.398 e. The Morgan fingerprint density at radius 3 is 1.75 bits per heavy atom. The molecule has 0 aliphatic carbocycles. The first-order chi connectivity index (χ1) is 7.45. The van der Waals surface area contributed by atoms with E-state index in [1.807, 2.05) is 6.55 Å². The van der Waals surface area contributed by atoms with Crippen LogP contribution in [0.3, 0.4) is 0 Å². The molecule has 0 saturated carbocycles. The maximum Gasteiger partial charge on any atom is 0.334 e. The van der Waals surface area contributed by atoms with Crippen molar-refractivity contribution in [3.8, 4) is 0 Å². The fourth-order valence-electron chi connectivity index (χ4n) is 1.84. The van der Waals surface area contributed by atoms with Crippen LogP contribution < -0.4 is 0 Å². The molecule has 0 aliphatic heterocycles. The van der Waals surface area contributed by atoms with Gasteiger partial charge in [0.1, 0.15) is 0 Å². The van der Waals surface area contributed by atoms with Crippen molar-refractivity contribution in [2.24, 2.45) is 0 Å². The molecule has 0 bridgehead atoms. The van der Waals surface area contributed by atoms with Crippen molar-refractivity contribution < 1.29 is 13.4 Å². The summed E-state index contributed by atoms with van der Waals surface area (Å²) in [6.07, 6.45) is 4.56. The predicted molar refractivity (Wildman–Crippen MR) is 73.2 cm³/mol. The quantitative estimate of drug-likeness (QED) is 0.473. The predicted octanol–water partition coefficient (Wildman–Crippen LogP) is 3.53. The summed E-state index contributed by atoms with van der Waals surface area (Å²) in [7, 11) is -0.615. The van der Waals surface area contributed by atoms with Crippen molar-refractivity contribution in [2.75, 3.05) is 32.7 Å². The Morgan fingerprint density at radius 1 is 1.00 bits per heavy atom. The van der Waals surface area contributed by atoms with Gasteiger partial charge in [-0.1, -0.05) is 13.8 Å². The Morgan fingerprint density at radius 2 is 1.44 bits per heavy atom. The first-order valence-electron chi connectivity index (χ1n) is 6.12. The van der Waals surface area contributed by atoms with Crippen LogP contribution in [0.15, 0.2) is 0 Å². The average Bonchev–Trinajstić information content (AvgIpc) is 2.27. The Balaban J connectivity index is 4.36. The molecule has 0 spiro atoms. The molecule has 0 saturated heterocycles. The number of rotatable bonds is 9. The smallest absolute Gasteiger partial charge is 0.334 e. The molecule has 0 amide bonds. The van der Waals surface area contributed by atoms with Crippen LogP contribution in [0, 0.1) is 0 Å². The zero-order chi connectivity index (χ0) is 12.7. The van der Waals surface area contributed by atoms with Crippen LogP contribution in [0.2, 0.25) is 12.6 Å². The molecule has 0 atom stereocenters. The third-order valence-electron chi connectivity index (χ3n) is 3.10. The number of hydrogen-bond acceptors (Lipinski definition) is 3.